The molecule has 0 radical (unpaired) electrons. The SMILES string of the molecule is Cc1nc2c(NCCO)nc(-c3cccc4[nH]ccc34)nc2s1. The molecule has 23 heavy (non-hydrogen) atoms. The predicted octanol–water partition coefficient (Wildman–Crippen LogP) is 2.95. The van der Waals surface area contributed by atoms with Gasteiger partial charge in [-0.25, -0.2) is 15.0 Å². The first-order chi connectivity index (χ1) is 11.3. The van der Waals surface area contributed by atoms with Gasteiger partial charge in [0.1, 0.15) is 10.3 Å². The van der Waals surface area contributed by atoms with Crippen LogP contribution in [0.2, 0.25) is 0 Å². The fraction of sp³-hybridized carbons (Fsp3) is 0.188. The number of aliphatic hydroxyl groups excluding tert-OH is 1. The van der Waals surface area contributed by atoms with E-state index in [1.54, 1.807) is 11.3 Å². The zero-order valence-electron chi connectivity index (χ0n) is 12.5. The molecule has 0 saturated heterocycles. The highest BCUT2D eigenvalue weighted by Gasteiger charge is 2.14. The third-order valence-corrected chi connectivity index (χ3v) is 4.47. The van der Waals surface area contributed by atoms with Crippen LogP contribution in [0.15, 0.2) is 30.5 Å². The van der Waals surface area contributed by atoms with Crippen LogP contribution >= 0.6 is 11.3 Å². The summed E-state index contributed by atoms with van der Waals surface area (Å²) in [5, 5.41) is 14.2. The van der Waals surface area contributed by atoms with Crippen molar-refractivity contribution < 1.29 is 5.11 Å². The molecule has 0 spiro atoms. The van der Waals surface area contributed by atoms with E-state index in [4.69, 9.17) is 10.1 Å². The van der Waals surface area contributed by atoms with Gasteiger partial charge in [0.2, 0.25) is 0 Å². The van der Waals surface area contributed by atoms with E-state index in [0.717, 1.165) is 31.8 Å². The third-order valence-electron chi connectivity index (χ3n) is 3.61. The summed E-state index contributed by atoms with van der Waals surface area (Å²) in [6.45, 7) is 2.42. The minimum Gasteiger partial charge on any atom is -0.395 e. The van der Waals surface area contributed by atoms with Crippen LogP contribution < -0.4 is 5.32 Å². The van der Waals surface area contributed by atoms with E-state index in [1.807, 2.05) is 37.4 Å². The number of nitrogens with one attached hydrogen (secondary N) is 2. The summed E-state index contributed by atoms with van der Waals surface area (Å²) in [5.74, 6) is 1.32. The predicted molar refractivity (Wildman–Crippen MR) is 92.8 cm³/mol. The van der Waals surface area contributed by atoms with Crippen molar-refractivity contribution in [2.75, 3.05) is 18.5 Å². The summed E-state index contributed by atoms with van der Waals surface area (Å²) in [4.78, 5) is 17.9. The standard InChI is InChI=1S/C16H15N5OS/c1-9-19-13-15(18-7-8-22)20-14(21-16(13)23-9)11-3-2-4-12-10(11)5-6-17-12/h2-6,17,22H,7-8H2,1H3,(H,18,20,21). The quantitative estimate of drug-likeness (QED) is 0.537. The fourth-order valence-corrected chi connectivity index (χ4v) is 3.41. The molecule has 6 nitrogen and oxygen atoms in total. The van der Waals surface area contributed by atoms with Crippen LogP contribution in [0, 0.1) is 6.92 Å². The first kappa shape index (κ1) is 14.1. The van der Waals surface area contributed by atoms with Crippen LogP contribution in [-0.4, -0.2) is 38.2 Å². The molecule has 0 saturated carbocycles. The molecule has 0 fully saturated rings. The van der Waals surface area contributed by atoms with Crippen LogP contribution in [0.1, 0.15) is 5.01 Å². The second-order valence-corrected chi connectivity index (χ2v) is 6.36. The second-order valence-electron chi connectivity index (χ2n) is 5.18. The van der Waals surface area contributed by atoms with Gasteiger partial charge in [-0.1, -0.05) is 23.5 Å². The van der Waals surface area contributed by atoms with E-state index in [1.165, 1.54) is 0 Å². The lowest BCUT2D eigenvalue weighted by Crippen LogP contribution is -2.08. The Hall–Kier alpha value is -2.51. The van der Waals surface area contributed by atoms with Gasteiger partial charge in [0.05, 0.1) is 11.6 Å². The Labute approximate surface area is 136 Å². The Morgan fingerprint density at radius 1 is 1.22 bits per heavy atom. The highest BCUT2D eigenvalue weighted by atomic mass is 32.1. The average Bonchev–Trinajstić information content (AvgIpc) is 3.17. The maximum atomic E-state index is 9.08. The Balaban J connectivity index is 1.94. The lowest BCUT2D eigenvalue weighted by atomic mass is 10.1. The van der Waals surface area contributed by atoms with E-state index >= 15 is 0 Å². The summed E-state index contributed by atoms with van der Waals surface area (Å²) in [5.41, 5.74) is 2.78. The normalized spacial score (nSPS) is 11.4. The number of rotatable bonds is 4. The van der Waals surface area contributed by atoms with Crippen LogP contribution in [0.3, 0.4) is 0 Å². The molecular weight excluding hydrogens is 310 g/mol. The van der Waals surface area contributed by atoms with Gasteiger partial charge >= 0.3 is 0 Å². The topological polar surface area (TPSA) is 86.7 Å². The Morgan fingerprint density at radius 2 is 2.13 bits per heavy atom. The smallest absolute Gasteiger partial charge is 0.163 e. The number of aryl methyl sites for hydroxylation is 1. The molecular formula is C16H15N5OS. The lowest BCUT2D eigenvalue weighted by molar-refractivity contribution is 0.311. The van der Waals surface area contributed by atoms with Crippen LogP contribution in [0.5, 0.6) is 0 Å². The number of nitrogens with zero attached hydrogens (tertiary/aromatic N) is 3. The highest BCUT2D eigenvalue weighted by molar-refractivity contribution is 7.18. The number of benzene rings is 1. The van der Waals surface area contributed by atoms with Crippen molar-refractivity contribution in [3.8, 4) is 11.4 Å². The fourth-order valence-electron chi connectivity index (χ4n) is 2.62. The van der Waals surface area contributed by atoms with Crippen LogP contribution in [0.4, 0.5) is 5.82 Å². The molecule has 0 aliphatic carbocycles. The second kappa shape index (κ2) is 5.60. The molecule has 0 unspecified atom stereocenters. The number of aliphatic hydroxyl groups is 1. The molecule has 7 heteroatoms. The van der Waals surface area contributed by atoms with Gasteiger partial charge in [-0.3, -0.25) is 0 Å². The van der Waals surface area contributed by atoms with E-state index in [2.05, 4.69) is 20.3 Å². The minimum atomic E-state index is 0.0390. The average molecular weight is 325 g/mol. The molecule has 0 aliphatic heterocycles. The van der Waals surface area contributed by atoms with Gasteiger partial charge in [-0.15, -0.1) is 0 Å². The summed E-state index contributed by atoms with van der Waals surface area (Å²) in [7, 11) is 0. The Kier molecular flexibility index (Phi) is 3.44. The summed E-state index contributed by atoms with van der Waals surface area (Å²) in [6, 6.07) is 8.05. The first-order valence-electron chi connectivity index (χ1n) is 7.32. The number of aromatic amines is 1. The molecule has 0 amide bonds. The Morgan fingerprint density at radius 3 is 3.00 bits per heavy atom. The largest absolute Gasteiger partial charge is 0.395 e. The van der Waals surface area contributed by atoms with Crippen LogP contribution in [0.25, 0.3) is 32.6 Å². The number of anilines is 1. The lowest BCUT2D eigenvalue weighted by Gasteiger charge is -2.08. The number of thiazole rings is 1. The summed E-state index contributed by atoms with van der Waals surface area (Å²) < 4.78 is 0. The maximum Gasteiger partial charge on any atom is 0.163 e. The van der Waals surface area contributed by atoms with Gasteiger partial charge in [-0.05, 0) is 19.1 Å². The number of hydrogen-bond donors (Lipinski definition) is 3. The molecule has 3 N–H and O–H groups in total. The van der Waals surface area contributed by atoms with Gasteiger partial charge in [-0.2, -0.15) is 0 Å². The third kappa shape index (κ3) is 2.43. The number of fused-ring (bicyclic) bond motifs is 2. The molecule has 4 rings (SSSR count). The number of H-pyrrole nitrogens is 1. The van der Waals surface area contributed by atoms with Crippen molar-refractivity contribution in [1.29, 1.82) is 0 Å². The van der Waals surface area contributed by atoms with Gasteiger partial charge in [0.25, 0.3) is 0 Å². The molecule has 0 atom stereocenters. The van der Waals surface area contributed by atoms with Crippen molar-refractivity contribution in [2.45, 2.75) is 6.92 Å². The monoisotopic (exact) mass is 325 g/mol. The molecule has 0 bridgehead atoms. The van der Waals surface area contributed by atoms with Crippen molar-refractivity contribution in [3.63, 3.8) is 0 Å². The van der Waals surface area contributed by atoms with Crippen molar-refractivity contribution in [3.05, 3.63) is 35.5 Å². The number of aromatic nitrogens is 4. The van der Waals surface area contributed by atoms with E-state index < -0.39 is 0 Å². The van der Waals surface area contributed by atoms with E-state index in [9.17, 15) is 0 Å². The first-order valence-corrected chi connectivity index (χ1v) is 8.14. The minimum absolute atomic E-state index is 0.0390. The van der Waals surface area contributed by atoms with Gasteiger partial charge in [0, 0.05) is 29.2 Å². The maximum absolute atomic E-state index is 9.08. The zero-order valence-corrected chi connectivity index (χ0v) is 13.3. The summed E-state index contributed by atoms with van der Waals surface area (Å²) >= 11 is 1.54. The highest BCUT2D eigenvalue weighted by Crippen LogP contribution is 2.31. The molecule has 3 heterocycles. The van der Waals surface area contributed by atoms with E-state index in [0.29, 0.717) is 18.2 Å². The number of hydrogen-bond acceptors (Lipinski definition) is 6. The molecule has 1 aromatic carbocycles. The van der Waals surface area contributed by atoms with Gasteiger partial charge in [0.15, 0.2) is 11.6 Å². The summed E-state index contributed by atoms with van der Waals surface area (Å²) in [6.07, 6.45) is 1.91. The molecule has 4 aromatic rings. The van der Waals surface area contributed by atoms with Crippen LogP contribution in [-0.2, 0) is 0 Å². The molecule has 3 aromatic heterocycles. The Bertz CT molecular complexity index is 991. The van der Waals surface area contributed by atoms with Crippen molar-refractivity contribution >= 4 is 38.4 Å². The van der Waals surface area contributed by atoms with Gasteiger partial charge < -0.3 is 15.4 Å². The molecule has 116 valence electrons. The zero-order chi connectivity index (χ0) is 15.8. The van der Waals surface area contributed by atoms with Crippen molar-refractivity contribution in [2.24, 2.45) is 0 Å². The van der Waals surface area contributed by atoms with Crippen molar-refractivity contribution in [1.82, 2.24) is 19.9 Å². The molecule has 0 aliphatic rings. The van der Waals surface area contributed by atoms with E-state index in [-0.39, 0.29) is 6.61 Å².